The Morgan fingerprint density at radius 2 is 1.97 bits per heavy atom. The van der Waals surface area contributed by atoms with Crippen molar-refractivity contribution in [3.8, 4) is 11.3 Å². The maximum atomic E-state index is 9.19. The van der Waals surface area contributed by atoms with Gasteiger partial charge in [0, 0.05) is 30.1 Å². The lowest BCUT2D eigenvalue weighted by Crippen LogP contribution is -2.05. The number of nitrogens with zero attached hydrogens (tertiary/aromatic N) is 7. The minimum atomic E-state index is 0.0711. The number of aliphatic hydroxyl groups is 1. The first-order valence-corrected chi connectivity index (χ1v) is 9.54. The summed E-state index contributed by atoms with van der Waals surface area (Å²) in [5.74, 6) is 0.104. The van der Waals surface area contributed by atoms with Crippen LogP contribution in [-0.4, -0.2) is 45.9 Å². The van der Waals surface area contributed by atoms with Gasteiger partial charge < -0.3 is 5.11 Å². The third-order valence-electron chi connectivity index (χ3n) is 5.31. The average molecular weight is 387 g/mol. The van der Waals surface area contributed by atoms with Crippen LogP contribution in [0, 0.1) is 0 Å². The van der Waals surface area contributed by atoms with Crippen LogP contribution in [0.15, 0.2) is 55.1 Å². The Bertz CT molecular complexity index is 1310. The third-order valence-corrected chi connectivity index (χ3v) is 5.31. The molecule has 0 aliphatic heterocycles. The minimum absolute atomic E-state index is 0.0711. The van der Waals surface area contributed by atoms with Gasteiger partial charge in [-0.1, -0.05) is 13.0 Å². The number of hydrogen-bond donors (Lipinski definition) is 1. The van der Waals surface area contributed by atoms with Crippen LogP contribution in [-0.2, 0) is 13.6 Å². The number of benzene rings is 1. The number of aliphatic hydroxyl groups excluding tert-OH is 1. The molecule has 0 saturated carbocycles. The van der Waals surface area contributed by atoms with Gasteiger partial charge in [-0.3, -0.25) is 9.36 Å². The van der Waals surface area contributed by atoms with Crippen molar-refractivity contribution in [1.82, 2.24) is 34.2 Å². The van der Waals surface area contributed by atoms with E-state index in [2.05, 4.69) is 40.3 Å². The number of fused-ring (bicyclic) bond motifs is 2. The molecule has 0 bridgehead atoms. The van der Waals surface area contributed by atoms with Crippen LogP contribution in [0.2, 0.25) is 0 Å². The van der Waals surface area contributed by atoms with Crippen LogP contribution in [0.25, 0.3) is 27.8 Å². The molecule has 1 atom stereocenters. The van der Waals surface area contributed by atoms with Gasteiger partial charge in [0.25, 0.3) is 0 Å². The Morgan fingerprint density at radius 1 is 1.07 bits per heavy atom. The Hall–Kier alpha value is -3.52. The summed E-state index contributed by atoms with van der Waals surface area (Å²) < 4.78 is 5.50. The molecule has 5 rings (SSSR count). The van der Waals surface area contributed by atoms with E-state index in [9.17, 15) is 5.11 Å². The van der Waals surface area contributed by atoms with Gasteiger partial charge in [0.1, 0.15) is 0 Å². The highest BCUT2D eigenvalue weighted by Crippen LogP contribution is 2.28. The molecule has 1 N–H and O–H groups in total. The molecule has 1 aromatic carbocycles. The fourth-order valence-electron chi connectivity index (χ4n) is 3.71. The van der Waals surface area contributed by atoms with Gasteiger partial charge in [0.15, 0.2) is 5.65 Å². The Balaban J connectivity index is 1.55. The molecule has 0 amide bonds. The molecule has 8 heteroatoms. The Labute approximate surface area is 167 Å². The van der Waals surface area contributed by atoms with Gasteiger partial charge in [0.2, 0.25) is 0 Å². The zero-order valence-electron chi connectivity index (χ0n) is 16.3. The largest absolute Gasteiger partial charge is 0.394 e. The lowest BCUT2D eigenvalue weighted by Gasteiger charge is -2.12. The first kappa shape index (κ1) is 17.6. The smallest absolute Gasteiger partial charge is 0.153 e. The van der Waals surface area contributed by atoms with Crippen molar-refractivity contribution in [1.29, 1.82) is 0 Å². The fraction of sp³-hybridized carbons (Fsp3) is 0.238. The van der Waals surface area contributed by atoms with Crippen LogP contribution < -0.4 is 0 Å². The van der Waals surface area contributed by atoms with E-state index in [0.717, 1.165) is 39.1 Å². The third kappa shape index (κ3) is 2.98. The minimum Gasteiger partial charge on any atom is -0.394 e. The standard InChI is InChI=1S/C21H21N7O/c1-14(15-3-5-19-16(9-15)10-24-27(19)7-8-29)20-12-22-21-6-4-18(25-28(20)21)17-11-23-26(2)13-17/h3-6,9-14,29H,7-8H2,1-2H3. The van der Waals surface area contributed by atoms with E-state index in [1.165, 1.54) is 0 Å². The molecule has 8 nitrogen and oxygen atoms in total. The van der Waals surface area contributed by atoms with E-state index in [4.69, 9.17) is 5.10 Å². The van der Waals surface area contributed by atoms with Crippen molar-refractivity contribution in [3.05, 3.63) is 66.4 Å². The molecule has 0 spiro atoms. The molecular weight excluding hydrogens is 366 g/mol. The highest BCUT2D eigenvalue weighted by molar-refractivity contribution is 5.79. The molecule has 0 saturated heterocycles. The monoisotopic (exact) mass is 387 g/mol. The quantitative estimate of drug-likeness (QED) is 0.501. The van der Waals surface area contributed by atoms with Gasteiger partial charge in [-0.25, -0.2) is 9.50 Å². The summed E-state index contributed by atoms with van der Waals surface area (Å²) in [6.45, 7) is 2.72. The molecular formula is C21H21N7O. The first-order valence-electron chi connectivity index (χ1n) is 9.54. The van der Waals surface area contributed by atoms with Crippen LogP contribution in [0.3, 0.4) is 0 Å². The summed E-state index contributed by atoms with van der Waals surface area (Å²) in [4.78, 5) is 4.53. The van der Waals surface area contributed by atoms with E-state index < -0.39 is 0 Å². The van der Waals surface area contributed by atoms with Crippen LogP contribution in [0.4, 0.5) is 0 Å². The van der Waals surface area contributed by atoms with E-state index in [0.29, 0.717) is 6.54 Å². The molecule has 29 heavy (non-hydrogen) atoms. The molecule has 4 aromatic heterocycles. The normalized spacial score (nSPS) is 12.8. The summed E-state index contributed by atoms with van der Waals surface area (Å²) >= 11 is 0. The molecule has 4 heterocycles. The van der Waals surface area contributed by atoms with Crippen molar-refractivity contribution in [3.63, 3.8) is 0 Å². The number of imidazole rings is 1. The van der Waals surface area contributed by atoms with Crippen LogP contribution in [0.5, 0.6) is 0 Å². The molecule has 0 aliphatic carbocycles. The van der Waals surface area contributed by atoms with Crippen LogP contribution >= 0.6 is 0 Å². The van der Waals surface area contributed by atoms with Gasteiger partial charge in [0.05, 0.1) is 48.6 Å². The lowest BCUT2D eigenvalue weighted by atomic mass is 9.97. The highest BCUT2D eigenvalue weighted by Gasteiger charge is 2.17. The fourth-order valence-corrected chi connectivity index (χ4v) is 3.71. The number of aromatic nitrogens is 7. The maximum Gasteiger partial charge on any atom is 0.153 e. The average Bonchev–Trinajstić information content (AvgIpc) is 3.45. The van der Waals surface area contributed by atoms with Gasteiger partial charge >= 0.3 is 0 Å². The van der Waals surface area contributed by atoms with Crippen LogP contribution in [0.1, 0.15) is 24.1 Å². The van der Waals surface area contributed by atoms with Crippen molar-refractivity contribution in [2.75, 3.05) is 6.61 Å². The number of aryl methyl sites for hydroxylation is 1. The van der Waals surface area contributed by atoms with Crippen molar-refractivity contribution >= 4 is 16.6 Å². The molecule has 146 valence electrons. The highest BCUT2D eigenvalue weighted by atomic mass is 16.3. The Kier molecular flexibility index (Phi) is 4.13. The summed E-state index contributed by atoms with van der Waals surface area (Å²) in [6.07, 6.45) is 7.49. The van der Waals surface area contributed by atoms with E-state index in [1.54, 1.807) is 4.68 Å². The molecule has 0 fully saturated rings. The summed E-state index contributed by atoms with van der Waals surface area (Å²) in [7, 11) is 1.89. The maximum absolute atomic E-state index is 9.19. The number of rotatable bonds is 5. The topological polar surface area (TPSA) is 86.1 Å². The predicted octanol–water partition coefficient (Wildman–Crippen LogP) is 2.62. The van der Waals surface area contributed by atoms with Gasteiger partial charge in [-0.2, -0.15) is 15.3 Å². The second kappa shape index (κ2) is 6.82. The van der Waals surface area contributed by atoms with E-state index in [-0.39, 0.29) is 12.5 Å². The summed E-state index contributed by atoms with van der Waals surface area (Å²) in [5, 5.41) is 23.7. The van der Waals surface area contributed by atoms with Crippen molar-refractivity contribution < 1.29 is 5.11 Å². The van der Waals surface area contributed by atoms with E-state index in [1.807, 2.05) is 53.2 Å². The zero-order chi connectivity index (χ0) is 20.0. The lowest BCUT2D eigenvalue weighted by molar-refractivity contribution is 0.271. The van der Waals surface area contributed by atoms with Gasteiger partial charge in [-0.05, 0) is 29.8 Å². The van der Waals surface area contributed by atoms with Gasteiger partial charge in [-0.15, -0.1) is 0 Å². The number of hydrogen-bond acceptors (Lipinski definition) is 5. The SMILES string of the molecule is CC(c1ccc2c(cnn2CCO)c1)c1cnc2ccc(-c3cnn(C)c3)nn12. The first-order chi connectivity index (χ1) is 14.1. The predicted molar refractivity (Wildman–Crippen MR) is 110 cm³/mol. The molecule has 5 aromatic rings. The Morgan fingerprint density at radius 3 is 2.76 bits per heavy atom. The second-order valence-electron chi connectivity index (χ2n) is 7.21. The molecule has 1 unspecified atom stereocenters. The second-order valence-corrected chi connectivity index (χ2v) is 7.21. The van der Waals surface area contributed by atoms with E-state index >= 15 is 0 Å². The zero-order valence-corrected chi connectivity index (χ0v) is 16.3. The molecule has 0 aliphatic rings. The summed E-state index contributed by atoms with van der Waals surface area (Å²) in [5.41, 5.74) is 5.85. The summed E-state index contributed by atoms with van der Waals surface area (Å²) in [6, 6.07) is 10.3. The van der Waals surface area contributed by atoms with Crippen molar-refractivity contribution in [2.24, 2.45) is 7.05 Å². The molecule has 0 radical (unpaired) electrons. The van der Waals surface area contributed by atoms with Crippen molar-refractivity contribution in [2.45, 2.75) is 19.4 Å².